The van der Waals surface area contributed by atoms with Crippen LogP contribution in [0.15, 0.2) is 24.3 Å². The number of rotatable bonds is 7. The number of benzene rings is 1. The molecule has 4 heteroatoms. The summed E-state index contributed by atoms with van der Waals surface area (Å²) in [6.07, 6.45) is 2.78. The van der Waals surface area contributed by atoms with Gasteiger partial charge in [-0.1, -0.05) is 18.2 Å². The van der Waals surface area contributed by atoms with Crippen molar-refractivity contribution in [1.82, 2.24) is 10.2 Å². The summed E-state index contributed by atoms with van der Waals surface area (Å²) >= 11 is 0. The molecule has 0 aromatic heterocycles. The lowest BCUT2D eigenvalue weighted by Gasteiger charge is -2.19. The Bertz CT molecular complexity index is 467. The molecule has 1 aliphatic carbocycles. The number of nitrogens with one attached hydrogen (secondary N) is 1. The van der Waals surface area contributed by atoms with Gasteiger partial charge in [-0.3, -0.25) is 4.79 Å². The molecule has 1 N–H and O–H groups in total. The van der Waals surface area contributed by atoms with Gasteiger partial charge in [0.2, 0.25) is 5.91 Å². The van der Waals surface area contributed by atoms with E-state index in [0.29, 0.717) is 13.0 Å². The molecule has 0 spiro atoms. The lowest BCUT2D eigenvalue weighted by molar-refractivity contribution is -0.121. The number of hydrogen-bond donors (Lipinski definition) is 1. The van der Waals surface area contributed by atoms with E-state index in [9.17, 15) is 4.79 Å². The van der Waals surface area contributed by atoms with Gasteiger partial charge >= 0.3 is 0 Å². The molecule has 0 saturated heterocycles. The first kappa shape index (κ1) is 14.9. The van der Waals surface area contributed by atoms with E-state index in [-0.39, 0.29) is 11.3 Å². The van der Waals surface area contributed by atoms with Crippen LogP contribution in [-0.4, -0.2) is 45.1 Å². The van der Waals surface area contributed by atoms with Crippen LogP contribution in [0, 0.1) is 0 Å². The number of carbonyl (C=O) groups is 1. The molecule has 1 saturated carbocycles. The van der Waals surface area contributed by atoms with Crippen LogP contribution < -0.4 is 10.1 Å². The molecule has 20 heavy (non-hydrogen) atoms. The average molecular weight is 276 g/mol. The molecular weight excluding hydrogens is 252 g/mol. The average Bonchev–Trinajstić information content (AvgIpc) is 3.24. The van der Waals surface area contributed by atoms with Crippen molar-refractivity contribution in [1.29, 1.82) is 0 Å². The highest BCUT2D eigenvalue weighted by Crippen LogP contribution is 2.50. The summed E-state index contributed by atoms with van der Waals surface area (Å²) in [5.74, 6) is 1.05. The predicted molar refractivity (Wildman–Crippen MR) is 80.1 cm³/mol. The summed E-state index contributed by atoms with van der Waals surface area (Å²) in [6.45, 7) is 1.49. The fourth-order valence-corrected chi connectivity index (χ4v) is 2.46. The van der Waals surface area contributed by atoms with Crippen molar-refractivity contribution < 1.29 is 9.53 Å². The summed E-state index contributed by atoms with van der Waals surface area (Å²) in [5, 5.41) is 3.07. The zero-order valence-electron chi connectivity index (χ0n) is 12.6. The molecule has 110 valence electrons. The number of nitrogens with zero attached hydrogens (tertiary/aromatic N) is 1. The SMILES string of the molecule is COc1ccccc1C1(CNC(=O)CCN(C)C)CC1. The molecule has 0 heterocycles. The van der Waals surface area contributed by atoms with E-state index in [1.807, 2.05) is 37.2 Å². The Balaban J connectivity index is 1.93. The normalized spacial score (nSPS) is 16.0. The molecule has 4 nitrogen and oxygen atoms in total. The van der Waals surface area contributed by atoms with E-state index >= 15 is 0 Å². The standard InChI is InChI=1S/C16H24N2O2/c1-18(2)11-8-15(19)17-12-16(9-10-16)13-6-4-5-7-14(13)20-3/h4-7H,8-12H2,1-3H3,(H,17,19). The highest BCUT2D eigenvalue weighted by molar-refractivity contribution is 5.76. The molecule has 0 bridgehead atoms. The lowest BCUT2D eigenvalue weighted by Crippen LogP contribution is -2.34. The smallest absolute Gasteiger partial charge is 0.221 e. The molecule has 1 aromatic carbocycles. The van der Waals surface area contributed by atoms with Crippen LogP contribution in [0.5, 0.6) is 5.75 Å². The summed E-state index contributed by atoms with van der Waals surface area (Å²) in [6, 6.07) is 8.11. The maximum absolute atomic E-state index is 11.8. The Hall–Kier alpha value is -1.55. The third-order valence-electron chi connectivity index (χ3n) is 3.94. The second kappa shape index (κ2) is 6.27. The summed E-state index contributed by atoms with van der Waals surface area (Å²) in [5.41, 5.74) is 1.30. The Kier molecular flexibility index (Phi) is 4.65. The fourth-order valence-electron chi connectivity index (χ4n) is 2.46. The number of amides is 1. The Morgan fingerprint density at radius 2 is 2.05 bits per heavy atom. The van der Waals surface area contributed by atoms with Crippen molar-refractivity contribution in [2.75, 3.05) is 34.3 Å². The molecule has 2 rings (SSSR count). The van der Waals surface area contributed by atoms with Crippen LogP contribution in [0.4, 0.5) is 0 Å². The van der Waals surface area contributed by atoms with Gasteiger partial charge < -0.3 is 15.0 Å². The Morgan fingerprint density at radius 3 is 2.65 bits per heavy atom. The maximum Gasteiger partial charge on any atom is 0.221 e. The third kappa shape index (κ3) is 3.51. The maximum atomic E-state index is 11.8. The van der Waals surface area contributed by atoms with Crippen molar-refractivity contribution in [2.45, 2.75) is 24.7 Å². The summed E-state index contributed by atoms with van der Waals surface area (Å²) < 4.78 is 5.44. The van der Waals surface area contributed by atoms with Crippen LogP contribution in [0.2, 0.25) is 0 Å². The van der Waals surface area contributed by atoms with Gasteiger partial charge in [-0.2, -0.15) is 0 Å². The van der Waals surface area contributed by atoms with Gasteiger partial charge in [0, 0.05) is 30.5 Å². The summed E-state index contributed by atoms with van der Waals surface area (Å²) in [7, 11) is 5.65. The zero-order chi connectivity index (χ0) is 14.6. The van der Waals surface area contributed by atoms with Crippen molar-refractivity contribution in [3.05, 3.63) is 29.8 Å². The van der Waals surface area contributed by atoms with E-state index in [1.54, 1.807) is 7.11 Å². The minimum Gasteiger partial charge on any atom is -0.496 e. The highest BCUT2D eigenvalue weighted by Gasteiger charge is 2.46. The van der Waals surface area contributed by atoms with Gasteiger partial charge in [0.1, 0.15) is 5.75 Å². The molecule has 1 aromatic rings. The van der Waals surface area contributed by atoms with Crippen molar-refractivity contribution in [3.8, 4) is 5.75 Å². The predicted octanol–water partition coefficient (Wildman–Crippen LogP) is 1.79. The first-order chi connectivity index (χ1) is 9.57. The number of ether oxygens (including phenoxy) is 1. The van der Waals surface area contributed by atoms with Gasteiger partial charge in [-0.15, -0.1) is 0 Å². The van der Waals surface area contributed by atoms with Crippen molar-refractivity contribution in [2.24, 2.45) is 0 Å². The molecule has 0 aliphatic heterocycles. The number of para-hydroxylation sites is 1. The second-order valence-electron chi connectivity index (χ2n) is 5.81. The second-order valence-corrected chi connectivity index (χ2v) is 5.81. The van der Waals surface area contributed by atoms with Gasteiger partial charge in [0.15, 0.2) is 0 Å². The number of carbonyl (C=O) groups excluding carboxylic acids is 1. The molecule has 0 unspecified atom stereocenters. The topological polar surface area (TPSA) is 41.6 Å². The first-order valence-electron chi connectivity index (χ1n) is 7.12. The zero-order valence-corrected chi connectivity index (χ0v) is 12.6. The summed E-state index contributed by atoms with van der Waals surface area (Å²) in [4.78, 5) is 13.9. The molecule has 1 fully saturated rings. The van der Waals surface area contributed by atoms with Crippen LogP contribution in [0.1, 0.15) is 24.8 Å². The van der Waals surface area contributed by atoms with Crippen LogP contribution in [0.3, 0.4) is 0 Å². The first-order valence-corrected chi connectivity index (χ1v) is 7.12. The van der Waals surface area contributed by atoms with E-state index in [1.165, 1.54) is 5.56 Å². The number of hydrogen-bond acceptors (Lipinski definition) is 3. The fraction of sp³-hybridized carbons (Fsp3) is 0.562. The Morgan fingerprint density at radius 1 is 1.35 bits per heavy atom. The molecule has 1 aliphatic rings. The van der Waals surface area contributed by atoms with Gasteiger partial charge in [0.05, 0.1) is 7.11 Å². The Labute approximate surface area is 121 Å². The largest absolute Gasteiger partial charge is 0.496 e. The quantitative estimate of drug-likeness (QED) is 0.825. The van der Waals surface area contributed by atoms with Gasteiger partial charge in [-0.05, 0) is 33.0 Å². The monoisotopic (exact) mass is 276 g/mol. The molecule has 0 radical (unpaired) electrons. The third-order valence-corrected chi connectivity index (χ3v) is 3.94. The lowest BCUT2D eigenvalue weighted by atomic mass is 9.95. The molecule has 0 atom stereocenters. The minimum absolute atomic E-state index is 0.0837. The highest BCUT2D eigenvalue weighted by atomic mass is 16.5. The molecular formula is C16H24N2O2. The number of methoxy groups -OCH3 is 1. The van der Waals surface area contributed by atoms with E-state index in [0.717, 1.165) is 25.1 Å². The van der Waals surface area contributed by atoms with Crippen LogP contribution >= 0.6 is 0 Å². The van der Waals surface area contributed by atoms with Gasteiger partial charge in [-0.25, -0.2) is 0 Å². The van der Waals surface area contributed by atoms with E-state index in [4.69, 9.17) is 4.74 Å². The minimum atomic E-state index is 0.0837. The molecule has 1 amide bonds. The van der Waals surface area contributed by atoms with Crippen LogP contribution in [-0.2, 0) is 10.2 Å². The van der Waals surface area contributed by atoms with Crippen LogP contribution in [0.25, 0.3) is 0 Å². The van der Waals surface area contributed by atoms with Gasteiger partial charge in [0.25, 0.3) is 0 Å². The van der Waals surface area contributed by atoms with Crippen molar-refractivity contribution in [3.63, 3.8) is 0 Å². The van der Waals surface area contributed by atoms with E-state index in [2.05, 4.69) is 11.4 Å². The van der Waals surface area contributed by atoms with Crippen molar-refractivity contribution >= 4 is 5.91 Å². The van der Waals surface area contributed by atoms with E-state index < -0.39 is 0 Å².